The van der Waals surface area contributed by atoms with E-state index in [1.54, 1.807) is 18.2 Å². The normalized spacial score (nSPS) is 10.2. The number of amides is 1. The van der Waals surface area contributed by atoms with E-state index in [9.17, 15) is 24.8 Å². The Bertz CT molecular complexity index is 838. The number of ether oxygens (including phenoxy) is 1. The van der Waals surface area contributed by atoms with Crippen molar-refractivity contribution in [3.63, 3.8) is 0 Å². The summed E-state index contributed by atoms with van der Waals surface area (Å²) in [5, 5.41) is 23.1. The van der Waals surface area contributed by atoms with Gasteiger partial charge in [-0.15, -0.1) is 0 Å². The Labute approximate surface area is 147 Å². The van der Waals surface area contributed by atoms with Crippen LogP contribution < -0.4 is 5.32 Å². The number of benzene rings is 2. The number of phenols is 1. The number of nitrogens with one attached hydrogen (secondary N) is 1. The summed E-state index contributed by atoms with van der Waals surface area (Å²) in [7, 11) is 0. The number of phenolic OH excluding ortho intramolecular Hbond substituents is 1. The molecule has 0 aliphatic carbocycles. The fraction of sp³-hybridized carbons (Fsp3) is 0.125. The molecule has 0 heterocycles. The molecule has 2 aromatic carbocycles. The van der Waals surface area contributed by atoms with Crippen LogP contribution in [0.4, 0.5) is 11.4 Å². The van der Waals surface area contributed by atoms with Gasteiger partial charge in [-0.05, 0) is 19.1 Å². The maximum Gasteiger partial charge on any atom is 0.346 e. The molecule has 1 amide bonds. The maximum absolute atomic E-state index is 12.2. The molecule has 2 aromatic rings. The monoisotopic (exact) mass is 364 g/mol. The molecule has 130 valence electrons. The second-order valence-corrected chi connectivity index (χ2v) is 5.16. The Morgan fingerprint density at radius 3 is 2.52 bits per heavy atom. The zero-order valence-corrected chi connectivity index (χ0v) is 13.7. The lowest BCUT2D eigenvalue weighted by Crippen LogP contribution is -2.14. The van der Waals surface area contributed by atoms with Crippen molar-refractivity contribution in [3.05, 3.63) is 62.7 Å². The van der Waals surface area contributed by atoms with E-state index >= 15 is 0 Å². The van der Waals surface area contributed by atoms with Gasteiger partial charge >= 0.3 is 5.97 Å². The Morgan fingerprint density at radius 1 is 1.32 bits per heavy atom. The van der Waals surface area contributed by atoms with Crippen LogP contribution in [-0.2, 0) is 4.74 Å². The highest BCUT2D eigenvalue weighted by atomic mass is 35.5. The molecule has 25 heavy (non-hydrogen) atoms. The van der Waals surface area contributed by atoms with E-state index in [4.69, 9.17) is 16.3 Å². The summed E-state index contributed by atoms with van der Waals surface area (Å²) in [6.45, 7) is 1.49. The third-order valence-corrected chi connectivity index (χ3v) is 3.55. The van der Waals surface area contributed by atoms with Crippen molar-refractivity contribution < 1.29 is 24.4 Å². The highest BCUT2D eigenvalue weighted by Crippen LogP contribution is 2.41. The van der Waals surface area contributed by atoms with Gasteiger partial charge in [0.1, 0.15) is 5.02 Å². The summed E-state index contributed by atoms with van der Waals surface area (Å²) in [4.78, 5) is 34.4. The molecule has 0 spiro atoms. The van der Waals surface area contributed by atoms with Crippen LogP contribution >= 0.6 is 11.6 Å². The summed E-state index contributed by atoms with van der Waals surface area (Å²) >= 11 is 5.90. The van der Waals surface area contributed by atoms with Crippen LogP contribution in [-0.4, -0.2) is 28.5 Å². The van der Waals surface area contributed by atoms with Gasteiger partial charge in [0.2, 0.25) is 0 Å². The average molecular weight is 365 g/mol. The van der Waals surface area contributed by atoms with Gasteiger partial charge in [0.05, 0.1) is 17.2 Å². The van der Waals surface area contributed by atoms with Crippen molar-refractivity contribution in [2.24, 2.45) is 0 Å². The van der Waals surface area contributed by atoms with Crippen LogP contribution in [0.2, 0.25) is 5.02 Å². The number of hydrogen-bond donors (Lipinski definition) is 2. The molecule has 8 nitrogen and oxygen atoms in total. The lowest BCUT2D eigenvalue weighted by Gasteiger charge is -2.12. The first-order chi connectivity index (χ1) is 11.9. The molecule has 0 bridgehead atoms. The second kappa shape index (κ2) is 7.63. The van der Waals surface area contributed by atoms with Gasteiger partial charge in [-0.3, -0.25) is 14.9 Å². The van der Waals surface area contributed by atoms with Gasteiger partial charge in [-0.1, -0.05) is 29.8 Å². The van der Waals surface area contributed by atoms with Gasteiger partial charge in [-0.2, -0.15) is 0 Å². The van der Waals surface area contributed by atoms with E-state index in [2.05, 4.69) is 5.32 Å². The number of nitro benzene ring substituents is 1. The van der Waals surface area contributed by atoms with Crippen molar-refractivity contribution in [2.75, 3.05) is 11.9 Å². The van der Waals surface area contributed by atoms with Crippen LogP contribution in [0.1, 0.15) is 27.6 Å². The van der Waals surface area contributed by atoms with Gasteiger partial charge in [0.25, 0.3) is 11.6 Å². The lowest BCUT2D eigenvalue weighted by atomic mass is 10.1. The predicted octanol–water partition coefficient (Wildman–Crippen LogP) is 3.38. The minimum absolute atomic E-state index is 0.0282. The molecular formula is C16H13ClN2O6. The molecule has 9 heteroatoms. The second-order valence-electron chi connectivity index (χ2n) is 4.78. The fourth-order valence-electron chi connectivity index (χ4n) is 2.05. The SMILES string of the molecule is CCOC(=O)c1c([N+](=O)[O-])cc(NC(=O)c2ccccc2)c(O)c1Cl. The highest BCUT2D eigenvalue weighted by Gasteiger charge is 2.30. The number of nitro groups is 1. The van der Waals surface area contributed by atoms with E-state index in [1.807, 2.05) is 0 Å². The van der Waals surface area contributed by atoms with Crippen molar-refractivity contribution >= 4 is 34.9 Å². The van der Waals surface area contributed by atoms with Crippen LogP contribution in [0.3, 0.4) is 0 Å². The summed E-state index contributed by atoms with van der Waals surface area (Å²) in [6.07, 6.45) is 0. The Kier molecular flexibility index (Phi) is 5.56. The highest BCUT2D eigenvalue weighted by molar-refractivity contribution is 6.36. The number of carbonyl (C=O) groups excluding carboxylic acids is 2. The van der Waals surface area contributed by atoms with Crippen molar-refractivity contribution in [3.8, 4) is 5.75 Å². The lowest BCUT2D eigenvalue weighted by molar-refractivity contribution is -0.385. The topological polar surface area (TPSA) is 119 Å². The molecule has 0 aromatic heterocycles. The van der Waals surface area contributed by atoms with E-state index < -0.39 is 38.8 Å². The standard InChI is InChI=1S/C16H13ClN2O6/c1-2-25-16(22)12-11(19(23)24)8-10(14(20)13(12)17)18-15(21)9-6-4-3-5-7-9/h3-8,20H,2H2,1H3,(H,18,21). The van der Waals surface area contributed by atoms with Crippen LogP contribution in [0.15, 0.2) is 36.4 Å². The number of esters is 1. The zero-order valence-electron chi connectivity index (χ0n) is 13.0. The van der Waals surface area contributed by atoms with E-state index in [0.29, 0.717) is 0 Å². The first kappa shape index (κ1) is 18.2. The van der Waals surface area contributed by atoms with E-state index in [0.717, 1.165) is 6.07 Å². The van der Waals surface area contributed by atoms with Gasteiger partial charge < -0.3 is 15.2 Å². The van der Waals surface area contributed by atoms with Crippen molar-refractivity contribution in [2.45, 2.75) is 6.92 Å². The molecule has 0 saturated carbocycles. The van der Waals surface area contributed by atoms with Crippen molar-refractivity contribution in [1.82, 2.24) is 0 Å². The Balaban J connectivity index is 2.48. The average Bonchev–Trinajstić information content (AvgIpc) is 2.59. The third-order valence-electron chi connectivity index (χ3n) is 3.18. The van der Waals surface area contributed by atoms with Crippen molar-refractivity contribution in [1.29, 1.82) is 0 Å². The number of rotatable bonds is 5. The van der Waals surface area contributed by atoms with Gasteiger partial charge in [-0.25, -0.2) is 4.79 Å². The fourth-order valence-corrected chi connectivity index (χ4v) is 2.32. The molecule has 0 atom stereocenters. The summed E-state index contributed by atoms with van der Waals surface area (Å²) in [5.74, 6) is -2.32. The zero-order chi connectivity index (χ0) is 18.6. The number of halogens is 1. The first-order valence-corrected chi connectivity index (χ1v) is 7.48. The predicted molar refractivity (Wildman–Crippen MR) is 90.1 cm³/mol. The van der Waals surface area contributed by atoms with E-state index in [1.165, 1.54) is 19.1 Å². The number of anilines is 1. The molecular weight excluding hydrogens is 352 g/mol. The van der Waals surface area contributed by atoms with Gasteiger partial charge in [0, 0.05) is 11.6 Å². The minimum Gasteiger partial charge on any atom is -0.504 e. The number of hydrogen-bond acceptors (Lipinski definition) is 6. The summed E-state index contributed by atoms with van der Waals surface area (Å²) < 4.78 is 4.72. The first-order valence-electron chi connectivity index (χ1n) is 7.10. The van der Waals surface area contributed by atoms with Gasteiger partial charge in [0.15, 0.2) is 11.3 Å². The largest absolute Gasteiger partial charge is 0.504 e. The van der Waals surface area contributed by atoms with Crippen LogP contribution in [0.5, 0.6) is 5.75 Å². The number of carbonyl (C=O) groups is 2. The minimum atomic E-state index is -1.05. The smallest absolute Gasteiger partial charge is 0.346 e. The van der Waals surface area contributed by atoms with Crippen LogP contribution in [0.25, 0.3) is 0 Å². The molecule has 2 N–H and O–H groups in total. The third kappa shape index (κ3) is 3.86. The number of nitrogens with zero attached hydrogens (tertiary/aromatic N) is 1. The molecule has 0 aliphatic heterocycles. The molecule has 2 rings (SSSR count). The molecule has 0 radical (unpaired) electrons. The number of aromatic hydroxyl groups is 1. The Hall–Kier alpha value is -3.13. The van der Waals surface area contributed by atoms with Crippen LogP contribution in [0, 0.1) is 10.1 Å². The summed E-state index contributed by atoms with van der Waals surface area (Å²) in [6, 6.07) is 8.88. The molecule has 0 fully saturated rings. The molecule has 0 saturated heterocycles. The molecule has 0 aliphatic rings. The quantitative estimate of drug-likeness (QED) is 0.363. The summed E-state index contributed by atoms with van der Waals surface area (Å²) in [5.41, 5.74) is -1.29. The Morgan fingerprint density at radius 2 is 1.96 bits per heavy atom. The maximum atomic E-state index is 12.2. The molecule has 0 unspecified atom stereocenters. The van der Waals surface area contributed by atoms with E-state index in [-0.39, 0.29) is 17.9 Å².